The lowest BCUT2D eigenvalue weighted by molar-refractivity contribution is -0.115. The minimum absolute atomic E-state index is 0.165. The first-order valence-corrected chi connectivity index (χ1v) is 5.24. The largest absolute Gasteiger partial charge is 0.475 e. The van der Waals surface area contributed by atoms with Crippen LogP contribution in [0, 0.1) is 11.3 Å². The molecule has 0 radical (unpaired) electrons. The van der Waals surface area contributed by atoms with Gasteiger partial charge in [0.05, 0.1) is 23.9 Å². The first-order chi connectivity index (χ1) is 8.31. The lowest BCUT2D eigenvalue weighted by atomic mass is 10.1. The monoisotopic (exact) mass is 229 g/mol. The highest BCUT2D eigenvalue weighted by molar-refractivity contribution is 6.04. The SMILES string of the molecule is N#CCC(=O)Nc1ccccc1C1=NCCO1. The molecule has 0 atom stereocenters. The van der Waals surface area contributed by atoms with Crippen LogP contribution in [0.25, 0.3) is 0 Å². The third-order valence-electron chi connectivity index (χ3n) is 2.26. The van der Waals surface area contributed by atoms with Gasteiger partial charge in [-0.05, 0) is 12.1 Å². The van der Waals surface area contributed by atoms with Crippen molar-refractivity contribution in [3.05, 3.63) is 29.8 Å². The molecule has 0 bridgehead atoms. The number of rotatable bonds is 3. The normalized spacial score (nSPS) is 13.5. The van der Waals surface area contributed by atoms with Crippen molar-refractivity contribution in [3.63, 3.8) is 0 Å². The van der Waals surface area contributed by atoms with Gasteiger partial charge in [0.25, 0.3) is 0 Å². The molecule has 5 nitrogen and oxygen atoms in total. The van der Waals surface area contributed by atoms with E-state index in [9.17, 15) is 4.79 Å². The van der Waals surface area contributed by atoms with Crippen LogP contribution in [0.2, 0.25) is 0 Å². The van der Waals surface area contributed by atoms with E-state index < -0.39 is 0 Å². The summed E-state index contributed by atoms with van der Waals surface area (Å²) in [5.41, 5.74) is 1.37. The number of hydrogen-bond donors (Lipinski definition) is 1. The number of anilines is 1. The lowest BCUT2D eigenvalue weighted by Gasteiger charge is -2.09. The van der Waals surface area contributed by atoms with Gasteiger partial charge >= 0.3 is 0 Å². The van der Waals surface area contributed by atoms with Crippen molar-refractivity contribution in [2.75, 3.05) is 18.5 Å². The van der Waals surface area contributed by atoms with Crippen molar-refractivity contribution in [1.29, 1.82) is 5.26 Å². The van der Waals surface area contributed by atoms with Gasteiger partial charge in [-0.15, -0.1) is 0 Å². The predicted octanol–water partition coefficient (Wildman–Crippen LogP) is 1.32. The molecular weight excluding hydrogens is 218 g/mol. The summed E-state index contributed by atoms with van der Waals surface area (Å²) in [4.78, 5) is 15.6. The zero-order chi connectivity index (χ0) is 12.1. The Morgan fingerprint density at radius 3 is 3.06 bits per heavy atom. The fourth-order valence-electron chi connectivity index (χ4n) is 1.54. The third kappa shape index (κ3) is 2.61. The summed E-state index contributed by atoms with van der Waals surface area (Å²) < 4.78 is 5.35. The zero-order valence-electron chi connectivity index (χ0n) is 9.14. The minimum Gasteiger partial charge on any atom is -0.475 e. The highest BCUT2D eigenvalue weighted by atomic mass is 16.5. The molecule has 1 amide bonds. The van der Waals surface area contributed by atoms with Crippen LogP contribution in [0.3, 0.4) is 0 Å². The number of para-hydroxylation sites is 1. The lowest BCUT2D eigenvalue weighted by Crippen LogP contribution is -2.14. The maximum absolute atomic E-state index is 11.4. The molecule has 0 aromatic heterocycles. The Hall–Kier alpha value is -2.35. The van der Waals surface area contributed by atoms with Gasteiger partial charge in [0.2, 0.25) is 11.8 Å². The number of hydrogen-bond acceptors (Lipinski definition) is 4. The van der Waals surface area contributed by atoms with Gasteiger partial charge in [-0.25, -0.2) is 4.99 Å². The van der Waals surface area contributed by atoms with Crippen LogP contribution in [0.5, 0.6) is 0 Å². The van der Waals surface area contributed by atoms with Gasteiger partial charge < -0.3 is 10.1 Å². The highest BCUT2D eigenvalue weighted by Crippen LogP contribution is 2.18. The zero-order valence-corrected chi connectivity index (χ0v) is 9.14. The molecule has 0 saturated heterocycles. The molecular formula is C12H11N3O2. The molecule has 0 saturated carbocycles. The number of nitrogens with zero attached hydrogens (tertiary/aromatic N) is 2. The van der Waals surface area contributed by atoms with E-state index in [0.717, 1.165) is 5.56 Å². The summed E-state index contributed by atoms with van der Waals surface area (Å²) in [6.45, 7) is 1.20. The Balaban J connectivity index is 2.22. The highest BCUT2D eigenvalue weighted by Gasteiger charge is 2.15. The summed E-state index contributed by atoms with van der Waals surface area (Å²) in [5.74, 6) is 0.205. The van der Waals surface area contributed by atoms with Crippen molar-refractivity contribution in [2.24, 2.45) is 4.99 Å². The van der Waals surface area contributed by atoms with Gasteiger partial charge in [-0.1, -0.05) is 12.1 Å². The Bertz CT molecular complexity index is 503. The smallest absolute Gasteiger partial charge is 0.238 e. The van der Waals surface area contributed by atoms with E-state index in [1.807, 2.05) is 12.1 Å². The molecule has 17 heavy (non-hydrogen) atoms. The van der Waals surface area contributed by atoms with Crippen molar-refractivity contribution >= 4 is 17.5 Å². The average molecular weight is 229 g/mol. The van der Waals surface area contributed by atoms with E-state index in [1.54, 1.807) is 18.2 Å². The predicted molar refractivity (Wildman–Crippen MR) is 62.7 cm³/mol. The summed E-state index contributed by atoms with van der Waals surface area (Å²) in [5, 5.41) is 11.1. The number of nitriles is 1. The van der Waals surface area contributed by atoms with Gasteiger partial charge in [-0.3, -0.25) is 4.79 Å². The van der Waals surface area contributed by atoms with Crippen LogP contribution in [-0.2, 0) is 9.53 Å². The van der Waals surface area contributed by atoms with Gasteiger partial charge in [0, 0.05) is 0 Å². The van der Waals surface area contributed by atoms with E-state index in [2.05, 4.69) is 10.3 Å². The Kier molecular flexibility index (Phi) is 3.36. The third-order valence-corrected chi connectivity index (χ3v) is 2.26. The maximum Gasteiger partial charge on any atom is 0.238 e. The molecule has 1 aliphatic rings. The molecule has 1 heterocycles. The summed E-state index contributed by atoms with van der Waals surface area (Å²) in [6, 6.07) is 9.04. The van der Waals surface area contributed by atoms with E-state index in [1.165, 1.54) is 0 Å². The molecule has 2 rings (SSSR count). The minimum atomic E-state index is -0.335. The van der Waals surface area contributed by atoms with Crippen molar-refractivity contribution in [3.8, 4) is 6.07 Å². The summed E-state index contributed by atoms with van der Waals surface area (Å²) in [6.07, 6.45) is -0.165. The first-order valence-electron chi connectivity index (χ1n) is 5.24. The van der Waals surface area contributed by atoms with Gasteiger partial charge in [0.1, 0.15) is 13.0 Å². The van der Waals surface area contributed by atoms with E-state index in [4.69, 9.17) is 10.00 Å². The maximum atomic E-state index is 11.4. The van der Waals surface area contributed by atoms with Gasteiger partial charge in [-0.2, -0.15) is 5.26 Å². The first kappa shape index (κ1) is 11.1. The molecule has 5 heteroatoms. The standard InChI is InChI=1S/C12H11N3O2/c13-6-5-11(16)15-10-4-2-1-3-9(10)12-14-7-8-17-12/h1-4H,5,7-8H2,(H,15,16). The van der Waals surface area contributed by atoms with Crippen molar-refractivity contribution < 1.29 is 9.53 Å². The van der Waals surface area contributed by atoms with Crippen molar-refractivity contribution in [1.82, 2.24) is 0 Å². The molecule has 1 aliphatic heterocycles. The van der Waals surface area contributed by atoms with Crippen LogP contribution in [0.4, 0.5) is 5.69 Å². The second-order valence-corrected chi connectivity index (χ2v) is 3.46. The molecule has 1 aromatic carbocycles. The van der Waals surface area contributed by atoms with E-state index in [0.29, 0.717) is 24.7 Å². The van der Waals surface area contributed by atoms with Crippen molar-refractivity contribution in [2.45, 2.75) is 6.42 Å². The van der Waals surface area contributed by atoms with Crippen LogP contribution in [0.15, 0.2) is 29.3 Å². The topological polar surface area (TPSA) is 74.5 Å². The van der Waals surface area contributed by atoms with E-state index in [-0.39, 0.29) is 12.3 Å². The number of nitrogens with one attached hydrogen (secondary N) is 1. The molecule has 1 N–H and O–H groups in total. The number of aliphatic imine (C=N–C) groups is 1. The molecule has 0 spiro atoms. The van der Waals surface area contributed by atoms with Crippen LogP contribution in [0.1, 0.15) is 12.0 Å². The molecule has 0 fully saturated rings. The second-order valence-electron chi connectivity index (χ2n) is 3.46. The summed E-state index contributed by atoms with van der Waals surface area (Å²) in [7, 11) is 0. The number of ether oxygens (including phenoxy) is 1. The van der Waals surface area contributed by atoms with Crippen LogP contribution >= 0.6 is 0 Å². The van der Waals surface area contributed by atoms with Crippen LogP contribution < -0.4 is 5.32 Å². The summed E-state index contributed by atoms with van der Waals surface area (Å²) >= 11 is 0. The van der Waals surface area contributed by atoms with Gasteiger partial charge in [0.15, 0.2) is 0 Å². The van der Waals surface area contributed by atoms with E-state index >= 15 is 0 Å². The second kappa shape index (κ2) is 5.12. The number of amides is 1. The Morgan fingerprint density at radius 1 is 1.53 bits per heavy atom. The Labute approximate surface area is 98.7 Å². The quantitative estimate of drug-likeness (QED) is 0.849. The number of carbonyl (C=O) groups excluding carboxylic acids is 1. The fraction of sp³-hybridized carbons (Fsp3) is 0.250. The average Bonchev–Trinajstić information content (AvgIpc) is 2.83. The molecule has 0 aliphatic carbocycles. The molecule has 86 valence electrons. The molecule has 0 unspecified atom stereocenters. The van der Waals surface area contributed by atoms with Crippen LogP contribution in [-0.4, -0.2) is 25.0 Å². The molecule has 1 aromatic rings. The number of carbonyl (C=O) groups is 1. The Morgan fingerprint density at radius 2 is 2.35 bits per heavy atom. The number of benzene rings is 1. The fourth-order valence-corrected chi connectivity index (χ4v) is 1.54.